The van der Waals surface area contributed by atoms with E-state index >= 15 is 0 Å². The van der Waals surface area contributed by atoms with Gasteiger partial charge in [-0.2, -0.15) is 0 Å². The maximum absolute atomic E-state index is 11.4. The second-order valence-electron chi connectivity index (χ2n) is 3.79. The lowest BCUT2D eigenvalue weighted by atomic mass is 10.2. The number of carbonyl (C=O) groups is 2. The van der Waals surface area contributed by atoms with Gasteiger partial charge in [-0.15, -0.1) is 0 Å². The first kappa shape index (κ1) is 12.9. The molecule has 16 heavy (non-hydrogen) atoms. The van der Waals surface area contributed by atoms with E-state index in [9.17, 15) is 9.59 Å². The summed E-state index contributed by atoms with van der Waals surface area (Å²) < 4.78 is 4.82. The predicted molar refractivity (Wildman–Crippen MR) is 59.8 cm³/mol. The first-order valence-electron chi connectivity index (χ1n) is 5.43. The molecule has 1 fully saturated rings. The summed E-state index contributed by atoms with van der Waals surface area (Å²) in [5.41, 5.74) is 0.831. The van der Waals surface area contributed by atoms with E-state index in [0.717, 1.165) is 18.5 Å². The molecule has 0 aliphatic carbocycles. The van der Waals surface area contributed by atoms with Crippen LogP contribution < -0.4 is 5.32 Å². The molecule has 1 rings (SSSR count). The number of hydrogen-bond acceptors (Lipinski definition) is 4. The molecular weight excluding hydrogens is 208 g/mol. The van der Waals surface area contributed by atoms with Gasteiger partial charge in [-0.25, -0.2) is 0 Å². The first-order valence-corrected chi connectivity index (χ1v) is 5.43. The lowest BCUT2D eigenvalue weighted by Gasteiger charge is -2.25. The highest BCUT2D eigenvalue weighted by molar-refractivity contribution is 5.98. The van der Waals surface area contributed by atoms with Crippen LogP contribution >= 0.6 is 0 Å². The molecule has 5 heteroatoms. The van der Waals surface area contributed by atoms with E-state index in [1.165, 1.54) is 4.90 Å². The van der Waals surface area contributed by atoms with Crippen LogP contribution in [0.15, 0.2) is 12.2 Å². The third kappa shape index (κ3) is 3.75. The van der Waals surface area contributed by atoms with Crippen molar-refractivity contribution in [2.24, 2.45) is 0 Å². The van der Waals surface area contributed by atoms with Crippen molar-refractivity contribution < 1.29 is 14.3 Å². The van der Waals surface area contributed by atoms with Gasteiger partial charge in [0.1, 0.15) is 13.2 Å². The number of amides is 2. The molecule has 0 aromatic carbocycles. The fraction of sp³-hybridized carbons (Fsp3) is 0.636. The Hall–Kier alpha value is -1.20. The Labute approximate surface area is 95.4 Å². The van der Waals surface area contributed by atoms with Gasteiger partial charge in [0.05, 0.1) is 6.54 Å². The summed E-state index contributed by atoms with van der Waals surface area (Å²) in [4.78, 5) is 24.0. The van der Waals surface area contributed by atoms with Gasteiger partial charge < -0.3 is 10.1 Å². The van der Waals surface area contributed by atoms with Gasteiger partial charge in [0.2, 0.25) is 0 Å². The van der Waals surface area contributed by atoms with Crippen LogP contribution in [-0.4, -0.2) is 49.6 Å². The molecule has 0 atom stereocenters. The third-order valence-electron chi connectivity index (χ3n) is 2.24. The zero-order valence-corrected chi connectivity index (χ0v) is 9.62. The van der Waals surface area contributed by atoms with E-state index in [-0.39, 0.29) is 31.6 Å². The van der Waals surface area contributed by atoms with Crippen LogP contribution in [0.2, 0.25) is 0 Å². The molecule has 0 aromatic rings. The Bertz CT molecular complexity index is 273. The predicted octanol–water partition coefficient (Wildman–Crippen LogP) is -0.0724. The summed E-state index contributed by atoms with van der Waals surface area (Å²) in [7, 11) is 0. The minimum atomic E-state index is -0.284. The topological polar surface area (TPSA) is 58.6 Å². The number of rotatable bonds is 6. The van der Waals surface area contributed by atoms with Crippen molar-refractivity contribution >= 4 is 11.8 Å². The maximum Gasteiger partial charge on any atom is 0.255 e. The van der Waals surface area contributed by atoms with E-state index in [1.807, 2.05) is 0 Å². The molecule has 0 unspecified atom stereocenters. The van der Waals surface area contributed by atoms with Crippen molar-refractivity contribution in [1.29, 1.82) is 0 Å². The second-order valence-corrected chi connectivity index (χ2v) is 3.79. The highest BCUT2D eigenvalue weighted by Crippen LogP contribution is 2.03. The molecule has 1 N–H and O–H groups in total. The Morgan fingerprint density at radius 2 is 2.06 bits per heavy atom. The zero-order chi connectivity index (χ0) is 12.0. The largest absolute Gasteiger partial charge is 0.362 e. The number of nitrogens with zero attached hydrogens (tertiary/aromatic N) is 1. The van der Waals surface area contributed by atoms with E-state index in [2.05, 4.69) is 18.8 Å². The molecular formula is C11H18N2O3. The van der Waals surface area contributed by atoms with Crippen molar-refractivity contribution in [3.8, 4) is 0 Å². The van der Waals surface area contributed by atoms with Gasteiger partial charge >= 0.3 is 0 Å². The minimum absolute atomic E-state index is 0.0125. The van der Waals surface area contributed by atoms with Gasteiger partial charge in [0.15, 0.2) is 0 Å². The molecule has 0 radical (unpaired) electrons. The van der Waals surface area contributed by atoms with Crippen LogP contribution in [0.3, 0.4) is 0 Å². The summed E-state index contributed by atoms with van der Waals surface area (Å²) in [5, 5.41) is 3.17. The third-order valence-corrected chi connectivity index (χ3v) is 2.24. The average molecular weight is 226 g/mol. The Kier molecular flexibility index (Phi) is 5.14. The molecule has 1 saturated heterocycles. The minimum Gasteiger partial charge on any atom is -0.362 e. The lowest BCUT2D eigenvalue weighted by Crippen LogP contribution is -2.47. The van der Waals surface area contributed by atoms with E-state index < -0.39 is 0 Å². The average Bonchev–Trinajstić information content (AvgIpc) is 2.24. The second kappa shape index (κ2) is 6.40. The Balaban J connectivity index is 2.36. The standard InChI is InChI=1S/C11H18N2O3/c1-3-4-12-5-9(2)6-13-10(14)7-16-8-11(13)15/h12H,2-8H2,1H3. The van der Waals surface area contributed by atoms with Crippen molar-refractivity contribution in [1.82, 2.24) is 10.2 Å². The molecule has 1 heterocycles. The molecule has 0 saturated carbocycles. The van der Waals surface area contributed by atoms with E-state index in [1.54, 1.807) is 0 Å². The number of morpholine rings is 1. The number of hydrogen-bond donors (Lipinski definition) is 1. The normalized spacial score (nSPS) is 16.7. The van der Waals surface area contributed by atoms with Gasteiger partial charge in [0, 0.05) is 6.54 Å². The molecule has 1 aliphatic heterocycles. The number of carbonyl (C=O) groups excluding carboxylic acids is 2. The summed E-state index contributed by atoms with van der Waals surface area (Å²) in [6.07, 6.45) is 1.04. The fourth-order valence-electron chi connectivity index (χ4n) is 1.42. The van der Waals surface area contributed by atoms with Gasteiger partial charge in [-0.1, -0.05) is 13.5 Å². The zero-order valence-electron chi connectivity index (χ0n) is 9.62. The summed E-state index contributed by atoms with van der Waals surface area (Å²) in [6, 6.07) is 0. The van der Waals surface area contributed by atoms with Crippen LogP contribution in [0.25, 0.3) is 0 Å². The Morgan fingerprint density at radius 3 is 2.62 bits per heavy atom. The molecule has 0 aromatic heterocycles. The number of ether oxygens (including phenoxy) is 1. The van der Waals surface area contributed by atoms with Crippen LogP contribution in [-0.2, 0) is 14.3 Å². The quantitative estimate of drug-likeness (QED) is 0.391. The fourth-order valence-corrected chi connectivity index (χ4v) is 1.42. The molecule has 0 bridgehead atoms. The highest BCUT2D eigenvalue weighted by Gasteiger charge is 2.26. The van der Waals surface area contributed by atoms with E-state index in [4.69, 9.17) is 4.74 Å². The van der Waals surface area contributed by atoms with Crippen LogP contribution in [0.1, 0.15) is 13.3 Å². The smallest absolute Gasteiger partial charge is 0.255 e. The van der Waals surface area contributed by atoms with Crippen molar-refractivity contribution in [3.05, 3.63) is 12.2 Å². The van der Waals surface area contributed by atoms with Gasteiger partial charge in [-0.05, 0) is 18.5 Å². The maximum atomic E-state index is 11.4. The lowest BCUT2D eigenvalue weighted by molar-refractivity contribution is -0.157. The highest BCUT2D eigenvalue weighted by atomic mass is 16.5. The van der Waals surface area contributed by atoms with Crippen molar-refractivity contribution in [2.45, 2.75) is 13.3 Å². The van der Waals surface area contributed by atoms with Crippen LogP contribution in [0, 0.1) is 0 Å². The van der Waals surface area contributed by atoms with Crippen LogP contribution in [0.5, 0.6) is 0 Å². The van der Waals surface area contributed by atoms with Gasteiger partial charge in [0.25, 0.3) is 11.8 Å². The number of imide groups is 1. The van der Waals surface area contributed by atoms with Crippen molar-refractivity contribution in [2.75, 3.05) is 32.8 Å². The molecule has 2 amide bonds. The molecule has 0 spiro atoms. The van der Waals surface area contributed by atoms with Crippen LogP contribution in [0.4, 0.5) is 0 Å². The van der Waals surface area contributed by atoms with Gasteiger partial charge in [-0.3, -0.25) is 14.5 Å². The summed E-state index contributed by atoms with van der Waals surface area (Å²) in [6.45, 7) is 7.72. The summed E-state index contributed by atoms with van der Waals surface area (Å²) >= 11 is 0. The molecule has 90 valence electrons. The molecule has 5 nitrogen and oxygen atoms in total. The SMILES string of the molecule is C=C(CNCCC)CN1C(=O)COCC1=O. The monoisotopic (exact) mass is 226 g/mol. The summed E-state index contributed by atoms with van der Waals surface area (Å²) in [5.74, 6) is -0.569. The number of nitrogens with one attached hydrogen (secondary N) is 1. The Morgan fingerprint density at radius 1 is 1.44 bits per heavy atom. The van der Waals surface area contributed by atoms with E-state index in [0.29, 0.717) is 6.54 Å². The molecule has 1 aliphatic rings. The first-order chi connectivity index (χ1) is 7.65. The van der Waals surface area contributed by atoms with Crippen molar-refractivity contribution in [3.63, 3.8) is 0 Å².